The maximum Gasteiger partial charge on any atom is 0.328 e. The van der Waals surface area contributed by atoms with E-state index in [9.17, 15) is 28.8 Å². The number of aliphatic carboxylic acids is 1. The van der Waals surface area contributed by atoms with Gasteiger partial charge in [-0.25, -0.2) is 4.79 Å². The molecule has 10 N–H and O–H groups in total. The molecule has 0 aromatic rings. The Morgan fingerprint density at radius 1 is 0.794 bits per heavy atom. The van der Waals surface area contributed by atoms with E-state index in [4.69, 9.17) is 21.7 Å². The third kappa shape index (κ3) is 11.0. The van der Waals surface area contributed by atoms with Crippen molar-refractivity contribution in [1.82, 2.24) is 21.3 Å². The first kappa shape index (κ1) is 30.7. The van der Waals surface area contributed by atoms with Gasteiger partial charge in [-0.05, 0) is 18.3 Å². The quantitative estimate of drug-likeness (QED) is 0.114. The third-order valence-corrected chi connectivity index (χ3v) is 4.63. The van der Waals surface area contributed by atoms with Gasteiger partial charge in [0.05, 0.1) is 19.6 Å². The van der Waals surface area contributed by atoms with E-state index in [1.807, 2.05) is 0 Å². The molecule has 14 heteroatoms. The van der Waals surface area contributed by atoms with Crippen LogP contribution in [0.3, 0.4) is 0 Å². The number of amides is 5. The molecule has 0 bridgehead atoms. The van der Waals surface area contributed by atoms with Crippen LogP contribution in [0.2, 0.25) is 0 Å². The molecule has 0 heterocycles. The number of hydrogen-bond acceptors (Lipinski definition) is 8. The molecule has 0 spiro atoms. The van der Waals surface area contributed by atoms with E-state index in [1.54, 1.807) is 27.7 Å². The fourth-order valence-electron chi connectivity index (χ4n) is 2.87. The molecule has 0 saturated heterocycles. The number of carbonyl (C=O) groups excluding carboxylic acids is 5. The molecular formula is C20H36N6O8. The SMILES string of the molecule is CC(C)C[C@H](NC(=O)[C@H](CC(N)=O)NC(=O)CN)C(=O)N[C@H](C(=O)N[C@@H](CO)C(=O)O)C(C)C. The van der Waals surface area contributed by atoms with Crippen molar-refractivity contribution in [2.24, 2.45) is 23.3 Å². The summed E-state index contributed by atoms with van der Waals surface area (Å²) in [5.41, 5.74) is 10.4. The fraction of sp³-hybridized carbons (Fsp3) is 0.700. The summed E-state index contributed by atoms with van der Waals surface area (Å²) in [5.74, 6) is -6.00. The van der Waals surface area contributed by atoms with E-state index in [1.165, 1.54) is 0 Å². The van der Waals surface area contributed by atoms with Gasteiger partial charge in [0.25, 0.3) is 0 Å². The highest BCUT2D eigenvalue weighted by atomic mass is 16.4. The Labute approximate surface area is 197 Å². The summed E-state index contributed by atoms with van der Waals surface area (Å²) in [7, 11) is 0. The number of primary amides is 1. The predicted molar refractivity (Wildman–Crippen MR) is 120 cm³/mol. The van der Waals surface area contributed by atoms with E-state index >= 15 is 0 Å². The molecule has 0 aromatic carbocycles. The van der Waals surface area contributed by atoms with Crippen LogP contribution in [-0.4, -0.2) is 83.0 Å². The summed E-state index contributed by atoms with van der Waals surface area (Å²) in [5, 5.41) is 27.5. The Balaban J connectivity index is 5.62. The predicted octanol–water partition coefficient (Wildman–Crippen LogP) is -3.46. The zero-order valence-corrected chi connectivity index (χ0v) is 19.8. The van der Waals surface area contributed by atoms with Gasteiger partial charge in [-0.15, -0.1) is 0 Å². The van der Waals surface area contributed by atoms with Crippen molar-refractivity contribution in [2.45, 2.75) is 64.7 Å². The highest BCUT2D eigenvalue weighted by Crippen LogP contribution is 2.09. The second-order valence-electron chi connectivity index (χ2n) is 8.50. The summed E-state index contributed by atoms with van der Waals surface area (Å²) in [4.78, 5) is 72.2. The highest BCUT2D eigenvalue weighted by molar-refractivity contribution is 5.96. The molecule has 0 fully saturated rings. The van der Waals surface area contributed by atoms with E-state index in [0.29, 0.717) is 0 Å². The minimum atomic E-state index is -1.56. The van der Waals surface area contributed by atoms with E-state index in [-0.39, 0.29) is 12.3 Å². The van der Waals surface area contributed by atoms with Gasteiger partial charge in [0.2, 0.25) is 29.5 Å². The standard InChI is InChI=1S/C20H36N6O8/c1-9(2)5-11(24-17(30)12(6-14(22)28)23-15(29)7-21)18(31)26-16(10(3)4)19(32)25-13(8-27)20(33)34/h9-13,16,27H,5-8,21H2,1-4H3,(H2,22,28)(H,23,29)(H,24,30)(H,25,32)(H,26,31)(H,33,34)/t11-,12-,13-,16-/m0/s1. The highest BCUT2D eigenvalue weighted by Gasteiger charge is 2.33. The number of aliphatic hydroxyl groups excluding tert-OH is 1. The van der Waals surface area contributed by atoms with Crippen molar-refractivity contribution < 1.29 is 39.0 Å². The maximum atomic E-state index is 13.0. The lowest BCUT2D eigenvalue weighted by molar-refractivity contribution is -0.143. The largest absolute Gasteiger partial charge is 0.480 e. The van der Waals surface area contributed by atoms with Crippen molar-refractivity contribution >= 4 is 35.5 Å². The first-order chi connectivity index (χ1) is 15.7. The van der Waals surface area contributed by atoms with Gasteiger partial charge in [0, 0.05) is 0 Å². The minimum absolute atomic E-state index is 0.0821. The molecule has 0 unspecified atom stereocenters. The van der Waals surface area contributed by atoms with Crippen molar-refractivity contribution in [2.75, 3.05) is 13.2 Å². The minimum Gasteiger partial charge on any atom is -0.480 e. The van der Waals surface area contributed by atoms with Crippen LogP contribution in [0.15, 0.2) is 0 Å². The molecule has 5 amide bonds. The average Bonchev–Trinajstić information content (AvgIpc) is 2.72. The monoisotopic (exact) mass is 488 g/mol. The van der Waals surface area contributed by atoms with Crippen LogP contribution < -0.4 is 32.7 Å². The van der Waals surface area contributed by atoms with Crippen LogP contribution in [0.1, 0.15) is 40.5 Å². The second-order valence-corrected chi connectivity index (χ2v) is 8.50. The summed E-state index contributed by atoms with van der Waals surface area (Å²) in [6.07, 6.45) is -0.380. The Bertz CT molecular complexity index is 757. The van der Waals surface area contributed by atoms with Crippen molar-refractivity contribution in [3.8, 4) is 0 Å². The van der Waals surface area contributed by atoms with Gasteiger partial charge in [0.1, 0.15) is 24.2 Å². The van der Waals surface area contributed by atoms with Crippen LogP contribution in [0, 0.1) is 11.8 Å². The maximum absolute atomic E-state index is 13.0. The molecule has 0 aromatic heterocycles. The molecule has 0 saturated carbocycles. The Kier molecular flexibility index (Phi) is 13.4. The van der Waals surface area contributed by atoms with Crippen LogP contribution in [-0.2, 0) is 28.8 Å². The van der Waals surface area contributed by atoms with Gasteiger partial charge < -0.3 is 42.9 Å². The lowest BCUT2D eigenvalue weighted by Gasteiger charge is -2.28. The number of carbonyl (C=O) groups is 6. The van der Waals surface area contributed by atoms with E-state index < -0.39 is 85.2 Å². The zero-order valence-electron chi connectivity index (χ0n) is 19.8. The average molecular weight is 489 g/mol. The summed E-state index contributed by atoms with van der Waals surface area (Å²) >= 11 is 0. The number of hydrogen-bond donors (Lipinski definition) is 8. The zero-order chi connectivity index (χ0) is 26.6. The number of nitrogens with two attached hydrogens (primary N) is 2. The third-order valence-electron chi connectivity index (χ3n) is 4.63. The molecule has 14 nitrogen and oxygen atoms in total. The lowest BCUT2D eigenvalue weighted by atomic mass is 9.99. The van der Waals surface area contributed by atoms with Crippen LogP contribution >= 0.6 is 0 Å². The Hall–Kier alpha value is -3.26. The van der Waals surface area contributed by atoms with Crippen molar-refractivity contribution in [3.63, 3.8) is 0 Å². The first-order valence-corrected chi connectivity index (χ1v) is 10.8. The van der Waals surface area contributed by atoms with Crippen LogP contribution in [0.25, 0.3) is 0 Å². The van der Waals surface area contributed by atoms with Crippen LogP contribution in [0.5, 0.6) is 0 Å². The van der Waals surface area contributed by atoms with Crippen LogP contribution in [0.4, 0.5) is 0 Å². The van der Waals surface area contributed by atoms with E-state index in [2.05, 4.69) is 21.3 Å². The normalized spacial score (nSPS) is 14.5. The van der Waals surface area contributed by atoms with Gasteiger partial charge >= 0.3 is 5.97 Å². The van der Waals surface area contributed by atoms with Gasteiger partial charge in [0.15, 0.2) is 0 Å². The summed E-state index contributed by atoms with van der Waals surface area (Å²) < 4.78 is 0. The number of aliphatic hydroxyl groups is 1. The smallest absolute Gasteiger partial charge is 0.328 e. The van der Waals surface area contributed by atoms with E-state index in [0.717, 1.165) is 0 Å². The van der Waals surface area contributed by atoms with Gasteiger partial charge in [-0.2, -0.15) is 0 Å². The molecule has 0 radical (unpaired) electrons. The van der Waals surface area contributed by atoms with Gasteiger partial charge in [-0.1, -0.05) is 27.7 Å². The molecule has 0 aliphatic carbocycles. The van der Waals surface area contributed by atoms with Crippen molar-refractivity contribution in [3.05, 3.63) is 0 Å². The molecule has 0 aliphatic heterocycles. The summed E-state index contributed by atoms with van der Waals surface area (Å²) in [6, 6.07) is -5.25. The molecule has 0 aliphatic rings. The fourth-order valence-corrected chi connectivity index (χ4v) is 2.87. The number of carboxylic acid groups (broad SMARTS) is 1. The van der Waals surface area contributed by atoms with Gasteiger partial charge in [-0.3, -0.25) is 24.0 Å². The van der Waals surface area contributed by atoms with Crippen molar-refractivity contribution in [1.29, 1.82) is 0 Å². The summed E-state index contributed by atoms with van der Waals surface area (Å²) in [6.45, 7) is 5.52. The molecule has 34 heavy (non-hydrogen) atoms. The second kappa shape index (κ2) is 14.8. The number of rotatable bonds is 15. The lowest BCUT2D eigenvalue weighted by Crippen LogP contribution is -2.59. The Morgan fingerprint density at radius 3 is 1.74 bits per heavy atom. The first-order valence-electron chi connectivity index (χ1n) is 10.8. The molecule has 0 rings (SSSR count). The molecule has 194 valence electrons. The molecule has 4 atom stereocenters. The number of nitrogens with one attached hydrogen (secondary N) is 4. The molecular weight excluding hydrogens is 452 g/mol. The Morgan fingerprint density at radius 2 is 1.32 bits per heavy atom. The number of carboxylic acids is 1. The topological polar surface area (TPSA) is 243 Å².